The van der Waals surface area contributed by atoms with E-state index in [2.05, 4.69) is 10.5 Å². The lowest BCUT2D eigenvalue weighted by Crippen LogP contribution is -3.00. The van der Waals surface area contributed by atoms with E-state index in [0.717, 1.165) is 4.88 Å². The van der Waals surface area contributed by atoms with Crippen LogP contribution in [0.25, 0.3) is 0 Å². The van der Waals surface area contributed by atoms with Crippen LogP contribution >= 0.6 is 11.3 Å². The highest BCUT2D eigenvalue weighted by molar-refractivity contribution is 7.11. The SMILES string of the molecule is O=C(C[n+]1ccccc1)N/N=C\c1cccs1.[Cl-]. The average Bonchev–Trinajstić information content (AvgIpc) is 2.83. The van der Waals surface area contributed by atoms with Crippen molar-refractivity contribution in [3.05, 3.63) is 53.0 Å². The van der Waals surface area contributed by atoms with E-state index in [4.69, 9.17) is 0 Å². The molecule has 0 fully saturated rings. The molecule has 18 heavy (non-hydrogen) atoms. The van der Waals surface area contributed by atoms with E-state index in [1.807, 2.05) is 48.1 Å². The van der Waals surface area contributed by atoms with Gasteiger partial charge < -0.3 is 12.4 Å². The van der Waals surface area contributed by atoms with Crippen molar-refractivity contribution in [1.29, 1.82) is 0 Å². The first-order valence-corrected chi connectivity index (χ1v) is 6.02. The van der Waals surface area contributed by atoms with Gasteiger partial charge in [-0.15, -0.1) is 11.3 Å². The van der Waals surface area contributed by atoms with E-state index in [1.165, 1.54) is 0 Å². The summed E-state index contributed by atoms with van der Waals surface area (Å²) in [5, 5.41) is 5.84. The third-order valence-electron chi connectivity index (χ3n) is 2.03. The number of hydrogen-bond donors (Lipinski definition) is 1. The lowest BCUT2D eigenvalue weighted by molar-refractivity contribution is -0.684. The van der Waals surface area contributed by atoms with Gasteiger partial charge in [0.15, 0.2) is 12.4 Å². The number of hydrogen-bond acceptors (Lipinski definition) is 3. The molecule has 0 bridgehead atoms. The number of carbonyl (C=O) groups excluding carboxylic acids is 1. The molecule has 0 atom stereocenters. The lowest BCUT2D eigenvalue weighted by Gasteiger charge is -1.95. The molecule has 1 amide bonds. The van der Waals surface area contributed by atoms with Crippen LogP contribution in [-0.2, 0) is 11.3 Å². The van der Waals surface area contributed by atoms with Crippen LogP contribution in [-0.4, -0.2) is 12.1 Å². The second kappa shape index (κ2) is 7.58. The predicted molar refractivity (Wildman–Crippen MR) is 66.7 cm³/mol. The molecule has 94 valence electrons. The Kier molecular flexibility index (Phi) is 6.04. The van der Waals surface area contributed by atoms with Crippen molar-refractivity contribution in [2.45, 2.75) is 6.54 Å². The van der Waals surface area contributed by atoms with Gasteiger partial charge in [0.2, 0.25) is 6.54 Å². The Morgan fingerprint density at radius 2 is 2.11 bits per heavy atom. The Balaban J connectivity index is 0.00000162. The molecule has 0 aliphatic rings. The first-order chi connectivity index (χ1) is 8.34. The fourth-order valence-electron chi connectivity index (χ4n) is 1.27. The number of hydrazone groups is 1. The van der Waals surface area contributed by atoms with Crippen LogP contribution in [0, 0.1) is 0 Å². The normalized spacial score (nSPS) is 10.0. The topological polar surface area (TPSA) is 45.3 Å². The number of carbonyl (C=O) groups is 1. The zero-order chi connectivity index (χ0) is 11.9. The van der Waals surface area contributed by atoms with E-state index in [1.54, 1.807) is 22.1 Å². The molecule has 0 saturated carbocycles. The van der Waals surface area contributed by atoms with Gasteiger partial charge in [0, 0.05) is 17.0 Å². The van der Waals surface area contributed by atoms with Crippen molar-refractivity contribution < 1.29 is 21.8 Å². The summed E-state index contributed by atoms with van der Waals surface area (Å²) in [4.78, 5) is 12.5. The summed E-state index contributed by atoms with van der Waals surface area (Å²) in [6.45, 7) is 0.266. The van der Waals surface area contributed by atoms with Gasteiger partial charge >= 0.3 is 5.91 Å². The molecule has 0 saturated heterocycles. The Hall–Kier alpha value is -1.72. The van der Waals surface area contributed by atoms with Crippen molar-refractivity contribution in [2.24, 2.45) is 5.10 Å². The van der Waals surface area contributed by atoms with Gasteiger partial charge in [-0.2, -0.15) is 9.67 Å². The number of amides is 1. The van der Waals surface area contributed by atoms with Gasteiger partial charge in [0.05, 0.1) is 6.21 Å². The first-order valence-electron chi connectivity index (χ1n) is 5.14. The fourth-order valence-corrected chi connectivity index (χ4v) is 1.86. The van der Waals surface area contributed by atoms with Crippen molar-refractivity contribution >= 4 is 23.5 Å². The molecule has 1 N–H and O–H groups in total. The molecule has 0 aromatic carbocycles. The van der Waals surface area contributed by atoms with Crippen LogP contribution in [0.2, 0.25) is 0 Å². The van der Waals surface area contributed by atoms with E-state index in [-0.39, 0.29) is 24.9 Å². The molecule has 6 heteroatoms. The standard InChI is InChI=1S/C12H11N3OS.ClH/c16-12(10-15-6-2-1-3-7-15)14-13-9-11-5-4-8-17-11;/h1-9H,10H2;1H/b13-9-;. The minimum atomic E-state index is -0.144. The zero-order valence-electron chi connectivity index (χ0n) is 9.49. The number of rotatable bonds is 4. The van der Waals surface area contributed by atoms with E-state index in [9.17, 15) is 4.79 Å². The number of thiophene rings is 1. The van der Waals surface area contributed by atoms with E-state index >= 15 is 0 Å². The van der Waals surface area contributed by atoms with Gasteiger partial charge in [-0.25, -0.2) is 5.43 Å². The highest BCUT2D eigenvalue weighted by Gasteiger charge is 2.06. The fraction of sp³-hybridized carbons (Fsp3) is 0.0833. The Morgan fingerprint density at radius 1 is 1.33 bits per heavy atom. The number of pyridine rings is 1. The maximum absolute atomic E-state index is 11.5. The molecule has 0 radical (unpaired) electrons. The van der Waals surface area contributed by atoms with Crippen LogP contribution in [0.4, 0.5) is 0 Å². The Labute approximate surface area is 115 Å². The molecule has 0 aliphatic carbocycles. The largest absolute Gasteiger partial charge is 1.00 e. The molecule has 2 aromatic heterocycles. The van der Waals surface area contributed by atoms with Gasteiger partial charge in [-0.1, -0.05) is 12.1 Å². The van der Waals surface area contributed by atoms with Crippen LogP contribution in [0.1, 0.15) is 4.88 Å². The molecule has 0 aliphatic heterocycles. The zero-order valence-corrected chi connectivity index (χ0v) is 11.1. The van der Waals surface area contributed by atoms with E-state index in [0.29, 0.717) is 0 Å². The number of aromatic nitrogens is 1. The van der Waals surface area contributed by atoms with Crippen molar-refractivity contribution in [1.82, 2.24) is 5.43 Å². The molecule has 0 unspecified atom stereocenters. The van der Waals surface area contributed by atoms with Gasteiger partial charge in [0.25, 0.3) is 0 Å². The predicted octanol–water partition coefficient (Wildman–Crippen LogP) is -1.81. The van der Waals surface area contributed by atoms with Gasteiger partial charge in [-0.3, -0.25) is 4.79 Å². The maximum Gasteiger partial charge on any atom is 0.305 e. The quantitative estimate of drug-likeness (QED) is 0.401. The van der Waals surface area contributed by atoms with Crippen LogP contribution in [0.5, 0.6) is 0 Å². The minimum absolute atomic E-state index is 0. The third kappa shape index (κ3) is 4.65. The van der Waals surface area contributed by atoms with Crippen LogP contribution in [0.15, 0.2) is 53.2 Å². The van der Waals surface area contributed by atoms with E-state index < -0.39 is 0 Å². The lowest BCUT2D eigenvalue weighted by atomic mass is 10.4. The van der Waals surface area contributed by atoms with Crippen molar-refractivity contribution in [2.75, 3.05) is 0 Å². The first kappa shape index (κ1) is 14.3. The van der Waals surface area contributed by atoms with Crippen molar-refractivity contribution in [3.8, 4) is 0 Å². The molecule has 0 spiro atoms. The van der Waals surface area contributed by atoms with Crippen LogP contribution < -0.4 is 22.4 Å². The molecular formula is C12H12ClN3OS. The smallest absolute Gasteiger partial charge is 0.305 e. The van der Waals surface area contributed by atoms with Gasteiger partial charge in [0.1, 0.15) is 0 Å². The summed E-state index contributed by atoms with van der Waals surface area (Å²) >= 11 is 1.57. The minimum Gasteiger partial charge on any atom is -1.00 e. The molecular weight excluding hydrogens is 270 g/mol. The molecule has 2 heterocycles. The van der Waals surface area contributed by atoms with Crippen molar-refractivity contribution in [3.63, 3.8) is 0 Å². The summed E-state index contributed by atoms with van der Waals surface area (Å²) in [6, 6.07) is 9.54. The number of nitrogens with one attached hydrogen (secondary N) is 1. The molecule has 2 aromatic rings. The van der Waals surface area contributed by atoms with Gasteiger partial charge in [-0.05, 0) is 11.4 Å². The number of halogens is 1. The summed E-state index contributed by atoms with van der Waals surface area (Å²) in [5.74, 6) is -0.144. The highest BCUT2D eigenvalue weighted by atomic mass is 35.5. The summed E-state index contributed by atoms with van der Waals surface area (Å²) < 4.78 is 1.79. The summed E-state index contributed by atoms with van der Waals surface area (Å²) in [5.41, 5.74) is 2.49. The highest BCUT2D eigenvalue weighted by Crippen LogP contribution is 2.03. The Bertz CT molecular complexity index is 499. The number of nitrogens with zero attached hydrogens (tertiary/aromatic N) is 2. The summed E-state index contributed by atoms with van der Waals surface area (Å²) in [6.07, 6.45) is 5.31. The molecule has 4 nitrogen and oxygen atoms in total. The second-order valence-corrected chi connectivity index (χ2v) is 4.34. The monoisotopic (exact) mass is 281 g/mol. The third-order valence-corrected chi connectivity index (χ3v) is 2.83. The molecule has 2 rings (SSSR count). The summed E-state index contributed by atoms with van der Waals surface area (Å²) in [7, 11) is 0. The maximum atomic E-state index is 11.5. The Morgan fingerprint density at radius 3 is 2.78 bits per heavy atom. The average molecular weight is 282 g/mol. The second-order valence-electron chi connectivity index (χ2n) is 3.36. The van der Waals surface area contributed by atoms with Crippen LogP contribution in [0.3, 0.4) is 0 Å².